The zero-order chi connectivity index (χ0) is 38.7. The lowest BCUT2D eigenvalue weighted by molar-refractivity contribution is 0.628. The first-order valence-corrected chi connectivity index (χ1v) is 19.5. The van der Waals surface area contributed by atoms with Crippen molar-refractivity contribution < 1.29 is 4.39 Å². The molecule has 3 aromatic heterocycles. The SMILES string of the molecule is Fc1cccc(-c2nc(-c3ccc(-c4ccccc4)cc3)nc(-n3c4ccccc4c4ccc5c6ccccc6n(-c6cccc(-c7ccccc7)c6)c5c43)n2)c1Cl. The molecule has 0 saturated heterocycles. The number of hydrogen-bond acceptors (Lipinski definition) is 3. The van der Waals surface area contributed by atoms with Crippen LogP contribution in [0.4, 0.5) is 4.39 Å². The van der Waals surface area contributed by atoms with E-state index >= 15 is 4.39 Å². The summed E-state index contributed by atoms with van der Waals surface area (Å²) in [6.07, 6.45) is 0. The van der Waals surface area contributed by atoms with E-state index in [-0.39, 0.29) is 10.8 Å². The van der Waals surface area contributed by atoms with E-state index in [0.29, 0.717) is 17.3 Å². The Morgan fingerprint density at radius 2 is 0.914 bits per heavy atom. The van der Waals surface area contributed by atoms with E-state index in [1.165, 1.54) is 6.07 Å². The number of para-hydroxylation sites is 2. The van der Waals surface area contributed by atoms with E-state index in [9.17, 15) is 0 Å². The standard InChI is InChI=1S/C51H31ClFN5/c52-46-42(21-12-22-43(46)53)50-54-49(35-27-25-34(26-28-35)32-13-3-1-4-14-32)55-51(56-50)58-45-24-10-8-20-39(45)41-30-29-40-38-19-7-9-23-44(38)57(47(40)48(41)58)37-18-11-17-36(31-37)33-15-5-2-6-16-33/h1-31H. The first-order valence-electron chi connectivity index (χ1n) is 19.1. The molecule has 7 heteroatoms. The Morgan fingerprint density at radius 3 is 1.60 bits per heavy atom. The number of hydrogen-bond donors (Lipinski definition) is 0. The smallest absolute Gasteiger partial charge is 0.238 e. The van der Waals surface area contributed by atoms with Crippen molar-refractivity contribution in [2.75, 3.05) is 0 Å². The van der Waals surface area contributed by atoms with E-state index in [2.05, 4.69) is 137 Å². The van der Waals surface area contributed by atoms with Crippen molar-refractivity contribution in [3.63, 3.8) is 0 Å². The van der Waals surface area contributed by atoms with Gasteiger partial charge in [0.2, 0.25) is 5.95 Å². The van der Waals surface area contributed by atoms with Crippen molar-refractivity contribution >= 4 is 55.2 Å². The third kappa shape index (κ3) is 5.49. The molecule has 0 radical (unpaired) electrons. The van der Waals surface area contributed by atoms with Crippen molar-refractivity contribution in [3.05, 3.63) is 199 Å². The van der Waals surface area contributed by atoms with E-state index in [4.69, 9.17) is 26.6 Å². The summed E-state index contributed by atoms with van der Waals surface area (Å²) in [5, 5.41) is 4.27. The zero-order valence-corrected chi connectivity index (χ0v) is 31.6. The predicted octanol–water partition coefficient (Wildman–Crippen LogP) is 13.5. The highest BCUT2D eigenvalue weighted by Gasteiger charge is 2.24. The van der Waals surface area contributed by atoms with Gasteiger partial charge >= 0.3 is 0 Å². The molecule has 0 unspecified atom stereocenters. The molecule has 0 N–H and O–H groups in total. The van der Waals surface area contributed by atoms with Crippen molar-refractivity contribution in [1.82, 2.24) is 24.1 Å². The Hall–Kier alpha value is -7.41. The fourth-order valence-electron chi connectivity index (χ4n) is 8.26. The molecule has 5 nitrogen and oxygen atoms in total. The number of fused-ring (bicyclic) bond motifs is 7. The maximum absolute atomic E-state index is 15.1. The molecule has 11 rings (SSSR count). The molecule has 11 aromatic rings. The van der Waals surface area contributed by atoms with E-state index in [0.717, 1.165) is 77.1 Å². The lowest BCUT2D eigenvalue weighted by atomic mass is 10.0. The Kier molecular flexibility index (Phi) is 7.98. The van der Waals surface area contributed by atoms with Gasteiger partial charge in [0.25, 0.3) is 0 Å². The Morgan fingerprint density at radius 1 is 0.397 bits per heavy atom. The molecule has 0 aliphatic carbocycles. The van der Waals surface area contributed by atoms with E-state index in [1.807, 2.05) is 42.5 Å². The van der Waals surface area contributed by atoms with Crippen molar-refractivity contribution in [2.24, 2.45) is 0 Å². The molecule has 0 atom stereocenters. The lowest BCUT2D eigenvalue weighted by Crippen LogP contribution is -2.07. The van der Waals surface area contributed by atoms with Crippen LogP contribution in [0.2, 0.25) is 5.02 Å². The fourth-order valence-corrected chi connectivity index (χ4v) is 8.48. The summed E-state index contributed by atoms with van der Waals surface area (Å²) in [5.74, 6) is 0.553. The molecule has 0 bridgehead atoms. The van der Waals surface area contributed by atoms with Gasteiger partial charge in [-0.05, 0) is 58.7 Å². The van der Waals surface area contributed by atoms with Gasteiger partial charge in [0.15, 0.2) is 11.6 Å². The predicted molar refractivity (Wildman–Crippen MR) is 235 cm³/mol. The first-order chi connectivity index (χ1) is 28.6. The maximum Gasteiger partial charge on any atom is 0.238 e. The summed E-state index contributed by atoms with van der Waals surface area (Å²) in [5.41, 5.74) is 10.6. The Bertz CT molecular complexity index is 3350. The van der Waals surface area contributed by atoms with E-state index < -0.39 is 5.82 Å². The van der Waals surface area contributed by atoms with Gasteiger partial charge in [-0.3, -0.25) is 4.57 Å². The Balaban J connectivity index is 1.23. The number of rotatable bonds is 6. The van der Waals surface area contributed by atoms with Gasteiger partial charge in [0.05, 0.1) is 27.1 Å². The van der Waals surface area contributed by atoms with Crippen LogP contribution < -0.4 is 0 Å². The zero-order valence-electron chi connectivity index (χ0n) is 30.9. The molecule has 0 aliphatic heterocycles. The first kappa shape index (κ1) is 33.9. The van der Waals surface area contributed by atoms with Crippen LogP contribution in [0.1, 0.15) is 0 Å². The maximum atomic E-state index is 15.1. The second-order valence-corrected chi connectivity index (χ2v) is 14.7. The minimum atomic E-state index is -0.546. The molecule has 8 aromatic carbocycles. The summed E-state index contributed by atoms with van der Waals surface area (Å²) in [6, 6.07) is 63.5. The van der Waals surface area contributed by atoms with E-state index in [1.54, 1.807) is 12.1 Å². The number of benzene rings is 8. The largest absolute Gasteiger partial charge is 0.307 e. The average molecular weight is 768 g/mol. The molecule has 0 saturated carbocycles. The van der Waals surface area contributed by atoms with Crippen LogP contribution in [0.3, 0.4) is 0 Å². The van der Waals surface area contributed by atoms with Gasteiger partial charge in [-0.15, -0.1) is 0 Å². The van der Waals surface area contributed by atoms with Crippen LogP contribution >= 0.6 is 11.6 Å². The second kappa shape index (κ2) is 13.7. The molecular weight excluding hydrogens is 737 g/mol. The van der Waals surface area contributed by atoms with Crippen LogP contribution in [0, 0.1) is 5.82 Å². The van der Waals surface area contributed by atoms with Gasteiger partial charge < -0.3 is 4.57 Å². The highest BCUT2D eigenvalue weighted by molar-refractivity contribution is 6.33. The molecule has 3 heterocycles. The number of halogens is 2. The number of aromatic nitrogens is 5. The molecule has 0 fully saturated rings. The number of nitrogens with zero attached hydrogens (tertiary/aromatic N) is 5. The monoisotopic (exact) mass is 767 g/mol. The van der Waals surface area contributed by atoms with Crippen LogP contribution in [0.15, 0.2) is 188 Å². The highest BCUT2D eigenvalue weighted by atomic mass is 35.5. The van der Waals surface area contributed by atoms with Crippen LogP contribution in [0.25, 0.3) is 100 Å². The fraction of sp³-hybridized carbons (Fsp3) is 0. The molecule has 0 spiro atoms. The average Bonchev–Trinajstić information content (AvgIpc) is 3.81. The Labute approximate surface area is 337 Å². The van der Waals surface area contributed by atoms with Gasteiger partial charge in [0.1, 0.15) is 5.82 Å². The minimum absolute atomic E-state index is 0.0481. The third-order valence-electron chi connectivity index (χ3n) is 10.9. The summed E-state index contributed by atoms with van der Waals surface area (Å²) in [6.45, 7) is 0. The summed E-state index contributed by atoms with van der Waals surface area (Å²) in [7, 11) is 0. The van der Waals surface area contributed by atoms with Gasteiger partial charge in [0, 0.05) is 38.4 Å². The summed E-state index contributed by atoms with van der Waals surface area (Å²) < 4.78 is 19.6. The van der Waals surface area contributed by atoms with Gasteiger partial charge in [-0.25, -0.2) is 9.37 Å². The lowest BCUT2D eigenvalue weighted by Gasteiger charge is -2.14. The molecular formula is C51H31ClFN5. The molecule has 0 aliphatic rings. The molecule has 0 amide bonds. The van der Waals surface area contributed by atoms with Gasteiger partial charge in [-0.2, -0.15) is 9.97 Å². The quantitative estimate of drug-likeness (QED) is 0.169. The molecule has 58 heavy (non-hydrogen) atoms. The summed E-state index contributed by atoms with van der Waals surface area (Å²) in [4.78, 5) is 15.3. The summed E-state index contributed by atoms with van der Waals surface area (Å²) >= 11 is 6.67. The topological polar surface area (TPSA) is 48.5 Å². The van der Waals surface area contributed by atoms with Crippen LogP contribution in [-0.2, 0) is 0 Å². The van der Waals surface area contributed by atoms with Gasteiger partial charge in [-0.1, -0.05) is 163 Å². The minimum Gasteiger partial charge on any atom is -0.307 e. The normalized spacial score (nSPS) is 11.6. The van der Waals surface area contributed by atoms with Crippen LogP contribution in [-0.4, -0.2) is 24.1 Å². The third-order valence-corrected chi connectivity index (χ3v) is 11.3. The van der Waals surface area contributed by atoms with Crippen molar-refractivity contribution in [3.8, 4) is 56.7 Å². The van der Waals surface area contributed by atoms with Crippen molar-refractivity contribution in [2.45, 2.75) is 0 Å². The second-order valence-electron chi connectivity index (χ2n) is 14.3. The van der Waals surface area contributed by atoms with Crippen LogP contribution in [0.5, 0.6) is 0 Å². The highest BCUT2D eigenvalue weighted by Crippen LogP contribution is 2.42. The van der Waals surface area contributed by atoms with Crippen molar-refractivity contribution in [1.29, 1.82) is 0 Å². The molecule has 274 valence electrons.